The smallest absolute Gasteiger partial charge is 0.285 e. The molecule has 0 radical (unpaired) electrons. The molecule has 16 heavy (non-hydrogen) atoms. The average molecular weight is 226 g/mol. The van der Waals surface area contributed by atoms with E-state index in [0.717, 1.165) is 18.0 Å². The highest BCUT2D eigenvalue weighted by atomic mass is 16.2. The van der Waals surface area contributed by atoms with E-state index in [4.69, 9.17) is 5.73 Å². The molecule has 6 nitrogen and oxygen atoms in total. The van der Waals surface area contributed by atoms with Gasteiger partial charge in [-0.15, -0.1) is 0 Å². The van der Waals surface area contributed by atoms with Crippen molar-refractivity contribution in [3.63, 3.8) is 0 Å². The van der Waals surface area contributed by atoms with Crippen LogP contribution in [0.15, 0.2) is 0 Å². The fourth-order valence-corrected chi connectivity index (χ4v) is 2.50. The Morgan fingerprint density at radius 2 is 1.94 bits per heavy atom. The van der Waals surface area contributed by atoms with E-state index < -0.39 is 0 Å². The van der Waals surface area contributed by atoms with Crippen molar-refractivity contribution in [1.29, 1.82) is 0 Å². The van der Waals surface area contributed by atoms with Gasteiger partial charge in [0.25, 0.3) is 5.91 Å². The van der Waals surface area contributed by atoms with Crippen LogP contribution in [0.25, 0.3) is 0 Å². The summed E-state index contributed by atoms with van der Waals surface area (Å²) in [6, 6.07) is -0.263. The number of amides is 3. The van der Waals surface area contributed by atoms with Crippen LogP contribution in [0, 0.1) is 5.92 Å². The van der Waals surface area contributed by atoms with Crippen LogP contribution in [-0.2, 0) is 14.4 Å². The number of piperidine rings is 1. The Morgan fingerprint density at radius 3 is 2.38 bits per heavy atom. The van der Waals surface area contributed by atoms with E-state index in [1.165, 1.54) is 0 Å². The zero-order chi connectivity index (χ0) is 11.7. The first-order valence-electron chi connectivity index (χ1n) is 5.55. The van der Waals surface area contributed by atoms with E-state index in [1.807, 2.05) is 0 Å². The van der Waals surface area contributed by atoms with Gasteiger partial charge < -0.3 is 10.6 Å². The van der Waals surface area contributed by atoms with Crippen LogP contribution in [0.1, 0.15) is 19.3 Å². The fraction of sp³-hybridized carbons (Fsp3) is 0.700. The second kappa shape index (κ2) is 4.21. The minimum absolute atomic E-state index is 0.0658. The molecule has 0 aromatic carbocycles. The molecular formula is C10H16N3O3+. The Morgan fingerprint density at radius 1 is 1.31 bits per heavy atom. The van der Waals surface area contributed by atoms with Crippen molar-refractivity contribution in [2.75, 3.05) is 13.1 Å². The van der Waals surface area contributed by atoms with Gasteiger partial charge in [-0.2, -0.15) is 0 Å². The Kier molecular flexibility index (Phi) is 2.91. The maximum absolute atomic E-state index is 11.5. The molecule has 0 spiro atoms. The van der Waals surface area contributed by atoms with Gasteiger partial charge in [-0.05, 0) is 0 Å². The lowest BCUT2D eigenvalue weighted by Gasteiger charge is -2.30. The van der Waals surface area contributed by atoms with E-state index >= 15 is 0 Å². The largest absolute Gasteiger partial charge is 0.369 e. The Balaban J connectivity index is 1.92. The Hall–Kier alpha value is -1.43. The van der Waals surface area contributed by atoms with E-state index in [1.54, 1.807) is 0 Å². The molecule has 4 N–H and O–H groups in total. The molecule has 0 unspecified atom stereocenters. The molecule has 1 atom stereocenters. The second-order valence-electron chi connectivity index (χ2n) is 4.50. The summed E-state index contributed by atoms with van der Waals surface area (Å²) in [5, 5.41) is 2.31. The highest BCUT2D eigenvalue weighted by molar-refractivity contribution is 6.04. The van der Waals surface area contributed by atoms with Gasteiger partial charge in [0.15, 0.2) is 6.04 Å². The van der Waals surface area contributed by atoms with Gasteiger partial charge in [-0.25, -0.2) is 0 Å². The number of rotatable bonds is 2. The third-order valence-electron chi connectivity index (χ3n) is 3.49. The van der Waals surface area contributed by atoms with Crippen LogP contribution in [0.3, 0.4) is 0 Å². The summed E-state index contributed by atoms with van der Waals surface area (Å²) < 4.78 is 0. The third kappa shape index (κ3) is 2.06. The topological polar surface area (TPSA) is 93.7 Å². The van der Waals surface area contributed by atoms with Crippen LogP contribution in [0.2, 0.25) is 0 Å². The molecule has 2 saturated heterocycles. The number of nitrogens with one attached hydrogen (secondary N) is 2. The summed E-state index contributed by atoms with van der Waals surface area (Å²) in [4.78, 5) is 34.6. The predicted molar refractivity (Wildman–Crippen MR) is 54.2 cm³/mol. The van der Waals surface area contributed by atoms with Gasteiger partial charge in [-0.1, -0.05) is 0 Å². The number of quaternary nitrogens is 1. The molecule has 88 valence electrons. The maximum Gasteiger partial charge on any atom is 0.285 e. The Labute approximate surface area is 93.1 Å². The minimum atomic E-state index is -0.263. The monoisotopic (exact) mass is 226 g/mol. The van der Waals surface area contributed by atoms with E-state index in [9.17, 15) is 14.4 Å². The number of nitrogens with two attached hydrogens (primary N) is 1. The molecule has 2 aliphatic rings. The first-order valence-corrected chi connectivity index (χ1v) is 5.55. The lowest BCUT2D eigenvalue weighted by atomic mass is 9.95. The molecule has 0 aromatic rings. The molecule has 6 heteroatoms. The molecule has 2 rings (SSSR count). The summed E-state index contributed by atoms with van der Waals surface area (Å²) in [5.41, 5.74) is 5.23. The number of imide groups is 1. The zero-order valence-electron chi connectivity index (χ0n) is 8.99. The van der Waals surface area contributed by atoms with Crippen molar-refractivity contribution in [2.45, 2.75) is 25.3 Å². The standard InChI is InChI=1S/C10H15N3O3/c11-9(15)6-1-3-13(4-2-6)7-5-8(14)12-10(7)16/h6-7H,1-5H2,(H2,11,15)(H,12,14,16)/p+1/t7-/m0/s1. The lowest BCUT2D eigenvalue weighted by molar-refractivity contribution is -0.920. The maximum atomic E-state index is 11.5. The van der Waals surface area contributed by atoms with Gasteiger partial charge in [0.05, 0.1) is 19.5 Å². The highest BCUT2D eigenvalue weighted by Gasteiger charge is 2.40. The van der Waals surface area contributed by atoms with Gasteiger partial charge >= 0.3 is 0 Å². The van der Waals surface area contributed by atoms with E-state index in [0.29, 0.717) is 12.8 Å². The number of hydrogen-bond acceptors (Lipinski definition) is 3. The zero-order valence-corrected chi connectivity index (χ0v) is 8.99. The molecular weight excluding hydrogens is 210 g/mol. The summed E-state index contributed by atoms with van der Waals surface area (Å²) in [5.74, 6) is -0.702. The number of carbonyl (C=O) groups is 3. The SMILES string of the molecule is NC(=O)C1CC[NH+]([C@H]2CC(=O)NC2=O)CC1. The predicted octanol–water partition coefficient (Wildman–Crippen LogP) is -2.82. The van der Waals surface area contributed by atoms with Crippen molar-refractivity contribution < 1.29 is 19.3 Å². The molecule has 0 saturated carbocycles. The van der Waals surface area contributed by atoms with Crippen LogP contribution in [0.5, 0.6) is 0 Å². The first-order chi connectivity index (χ1) is 7.58. The molecule has 2 aliphatic heterocycles. The number of likely N-dealkylation sites (tertiary alicyclic amines) is 1. The average Bonchev–Trinajstić information content (AvgIpc) is 2.58. The van der Waals surface area contributed by atoms with Gasteiger partial charge in [0.1, 0.15) is 0 Å². The first kappa shape index (κ1) is 11.1. The fourth-order valence-electron chi connectivity index (χ4n) is 2.50. The summed E-state index contributed by atoms with van der Waals surface area (Å²) >= 11 is 0. The van der Waals surface area contributed by atoms with Crippen LogP contribution in [-0.4, -0.2) is 36.9 Å². The minimum Gasteiger partial charge on any atom is -0.369 e. The van der Waals surface area contributed by atoms with Crippen molar-refractivity contribution in [1.82, 2.24) is 5.32 Å². The van der Waals surface area contributed by atoms with Crippen molar-refractivity contribution >= 4 is 17.7 Å². The van der Waals surface area contributed by atoms with Crippen LogP contribution in [0.4, 0.5) is 0 Å². The van der Waals surface area contributed by atoms with Gasteiger partial charge in [-0.3, -0.25) is 19.7 Å². The van der Waals surface area contributed by atoms with E-state index in [2.05, 4.69) is 5.32 Å². The summed E-state index contributed by atoms with van der Waals surface area (Å²) in [6.45, 7) is 1.47. The quantitative estimate of drug-likeness (QED) is 0.443. The summed E-state index contributed by atoms with van der Waals surface area (Å²) in [7, 11) is 0. The normalized spacial score (nSPS) is 34.9. The van der Waals surface area contributed by atoms with Gasteiger partial charge in [0.2, 0.25) is 11.8 Å². The number of primary amides is 1. The molecule has 0 aromatic heterocycles. The second-order valence-corrected chi connectivity index (χ2v) is 4.50. The Bertz CT molecular complexity index is 334. The lowest BCUT2D eigenvalue weighted by Crippen LogP contribution is -3.17. The molecule has 2 fully saturated rings. The molecule has 0 bridgehead atoms. The molecule has 2 heterocycles. The molecule has 0 aliphatic carbocycles. The van der Waals surface area contributed by atoms with Crippen LogP contribution >= 0.6 is 0 Å². The van der Waals surface area contributed by atoms with Gasteiger partial charge in [0, 0.05) is 18.8 Å². The van der Waals surface area contributed by atoms with Crippen molar-refractivity contribution in [3.05, 3.63) is 0 Å². The number of hydrogen-bond donors (Lipinski definition) is 3. The van der Waals surface area contributed by atoms with Crippen molar-refractivity contribution in [2.24, 2.45) is 11.7 Å². The van der Waals surface area contributed by atoms with Crippen LogP contribution < -0.4 is 16.0 Å². The third-order valence-corrected chi connectivity index (χ3v) is 3.49. The van der Waals surface area contributed by atoms with E-state index in [-0.39, 0.29) is 36.1 Å². The number of carbonyl (C=O) groups excluding carboxylic acids is 3. The molecule has 3 amide bonds. The highest BCUT2D eigenvalue weighted by Crippen LogP contribution is 2.09. The summed E-state index contributed by atoms with van der Waals surface area (Å²) in [6.07, 6.45) is 1.70. The van der Waals surface area contributed by atoms with Crippen molar-refractivity contribution in [3.8, 4) is 0 Å².